The lowest BCUT2D eigenvalue weighted by Gasteiger charge is -2.11. The van der Waals surface area contributed by atoms with E-state index >= 15 is 0 Å². The molecule has 100 valence electrons. The molecule has 0 aliphatic heterocycles. The van der Waals surface area contributed by atoms with E-state index in [1.54, 1.807) is 0 Å². The highest BCUT2D eigenvalue weighted by Gasteiger charge is 2.18. The van der Waals surface area contributed by atoms with Crippen LogP contribution in [-0.2, 0) is 0 Å². The van der Waals surface area contributed by atoms with E-state index in [1.807, 2.05) is 6.92 Å². The molecule has 0 heterocycles. The maximum absolute atomic E-state index is 13.5. The first-order valence-corrected chi connectivity index (χ1v) is 6.75. The fourth-order valence-electron chi connectivity index (χ4n) is 1.47. The van der Waals surface area contributed by atoms with Crippen molar-refractivity contribution in [2.75, 3.05) is 6.54 Å². The first kappa shape index (κ1) is 15.4. The fourth-order valence-corrected chi connectivity index (χ4v) is 2.16. The number of hydrogen-bond acceptors (Lipinski definition) is 1. The smallest absolute Gasteiger partial charge is 0.257 e. The SMILES string of the molecule is CCCC(Cl)CNC(=O)c1c(F)cc(Br)cc1F. The Morgan fingerprint density at radius 1 is 1.44 bits per heavy atom. The molecular formula is C12H13BrClF2NO. The van der Waals surface area contributed by atoms with Gasteiger partial charge in [-0.1, -0.05) is 29.3 Å². The van der Waals surface area contributed by atoms with Gasteiger partial charge in [-0.2, -0.15) is 0 Å². The fraction of sp³-hybridized carbons (Fsp3) is 0.417. The Balaban J connectivity index is 2.73. The van der Waals surface area contributed by atoms with Crippen LogP contribution in [0, 0.1) is 11.6 Å². The van der Waals surface area contributed by atoms with Crippen molar-refractivity contribution in [3.63, 3.8) is 0 Å². The molecule has 1 N–H and O–H groups in total. The standard InChI is InChI=1S/C12H13BrClF2NO/c1-2-3-8(14)6-17-12(18)11-9(15)4-7(13)5-10(11)16/h4-5,8H,2-3,6H2,1H3,(H,17,18). The molecule has 1 atom stereocenters. The Morgan fingerprint density at radius 3 is 2.50 bits per heavy atom. The zero-order valence-electron chi connectivity index (χ0n) is 9.77. The van der Waals surface area contributed by atoms with Crippen LogP contribution in [0.4, 0.5) is 8.78 Å². The number of carbonyl (C=O) groups is 1. The second kappa shape index (κ2) is 7.04. The number of carbonyl (C=O) groups excluding carboxylic acids is 1. The van der Waals surface area contributed by atoms with Crippen molar-refractivity contribution >= 4 is 33.4 Å². The van der Waals surface area contributed by atoms with Gasteiger partial charge in [0.1, 0.15) is 17.2 Å². The van der Waals surface area contributed by atoms with Crippen molar-refractivity contribution in [3.05, 3.63) is 33.8 Å². The number of amides is 1. The van der Waals surface area contributed by atoms with Gasteiger partial charge in [-0.25, -0.2) is 8.78 Å². The van der Waals surface area contributed by atoms with Crippen LogP contribution < -0.4 is 5.32 Å². The minimum atomic E-state index is -0.902. The third-order valence-corrected chi connectivity index (χ3v) is 3.15. The molecule has 0 aliphatic rings. The zero-order valence-corrected chi connectivity index (χ0v) is 12.1. The van der Waals surface area contributed by atoms with Gasteiger partial charge in [-0.15, -0.1) is 11.6 Å². The van der Waals surface area contributed by atoms with Gasteiger partial charge in [0.25, 0.3) is 5.91 Å². The summed E-state index contributed by atoms with van der Waals surface area (Å²) in [5, 5.41) is 2.18. The van der Waals surface area contributed by atoms with Crippen molar-refractivity contribution in [2.24, 2.45) is 0 Å². The highest BCUT2D eigenvalue weighted by Crippen LogP contribution is 2.19. The quantitative estimate of drug-likeness (QED) is 0.810. The summed E-state index contributed by atoms with van der Waals surface area (Å²) in [5.41, 5.74) is -0.585. The third-order valence-electron chi connectivity index (χ3n) is 2.32. The van der Waals surface area contributed by atoms with Gasteiger partial charge >= 0.3 is 0 Å². The molecule has 0 saturated heterocycles. The Hall–Kier alpha value is -0.680. The number of benzene rings is 1. The summed E-state index contributed by atoms with van der Waals surface area (Å²) in [4.78, 5) is 11.6. The van der Waals surface area contributed by atoms with Gasteiger partial charge in [-0.05, 0) is 18.6 Å². The van der Waals surface area contributed by atoms with Crippen molar-refractivity contribution in [3.8, 4) is 0 Å². The maximum Gasteiger partial charge on any atom is 0.257 e. The molecule has 18 heavy (non-hydrogen) atoms. The second-order valence-corrected chi connectivity index (χ2v) is 5.37. The highest BCUT2D eigenvalue weighted by molar-refractivity contribution is 9.10. The normalized spacial score (nSPS) is 12.3. The predicted octanol–water partition coefficient (Wildman–Crippen LogP) is 3.86. The largest absolute Gasteiger partial charge is 0.350 e. The van der Waals surface area contributed by atoms with Gasteiger partial charge in [0.2, 0.25) is 0 Å². The van der Waals surface area contributed by atoms with Crippen molar-refractivity contribution in [1.29, 1.82) is 0 Å². The van der Waals surface area contributed by atoms with E-state index < -0.39 is 23.1 Å². The number of alkyl halides is 1. The van der Waals surface area contributed by atoms with E-state index in [9.17, 15) is 13.6 Å². The summed E-state index contributed by atoms with van der Waals surface area (Å²) in [7, 11) is 0. The molecule has 0 aliphatic carbocycles. The number of hydrogen-bond donors (Lipinski definition) is 1. The lowest BCUT2D eigenvalue weighted by Crippen LogP contribution is -2.31. The average Bonchev–Trinajstić information content (AvgIpc) is 2.25. The summed E-state index contributed by atoms with van der Waals surface area (Å²) in [5.74, 6) is -2.60. The minimum absolute atomic E-state index is 0.184. The number of nitrogens with one attached hydrogen (secondary N) is 1. The van der Waals surface area contributed by atoms with Crippen LogP contribution in [0.1, 0.15) is 30.1 Å². The molecule has 0 bridgehead atoms. The predicted molar refractivity (Wildman–Crippen MR) is 70.9 cm³/mol. The van der Waals surface area contributed by atoms with Gasteiger partial charge in [-0.3, -0.25) is 4.79 Å². The molecule has 0 aromatic heterocycles. The van der Waals surface area contributed by atoms with E-state index in [0.717, 1.165) is 25.0 Å². The summed E-state index contributed by atoms with van der Waals surface area (Å²) >= 11 is 8.85. The highest BCUT2D eigenvalue weighted by atomic mass is 79.9. The van der Waals surface area contributed by atoms with Crippen LogP contribution in [0.2, 0.25) is 0 Å². The average molecular weight is 341 g/mol. The summed E-state index contributed by atoms with van der Waals surface area (Å²) < 4.78 is 27.2. The molecular weight excluding hydrogens is 327 g/mol. The molecule has 1 rings (SSSR count). The van der Waals surface area contributed by atoms with Gasteiger partial charge < -0.3 is 5.32 Å². The first-order chi connectivity index (χ1) is 8.45. The lowest BCUT2D eigenvalue weighted by atomic mass is 10.1. The Kier molecular flexibility index (Phi) is 6.02. The van der Waals surface area contributed by atoms with Crippen LogP contribution in [-0.4, -0.2) is 17.8 Å². The summed E-state index contributed by atoms with van der Waals surface area (Å²) in [6, 6.07) is 2.09. The Bertz CT molecular complexity index is 419. The Morgan fingerprint density at radius 2 is 2.00 bits per heavy atom. The van der Waals surface area contributed by atoms with Gasteiger partial charge in [0.15, 0.2) is 0 Å². The molecule has 1 aromatic rings. The molecule has 0 saturated carbocycles. The second-order valence-electron chi connectivity index (χ2n) is 3.84. The monoisotopic (exact) mass is 339 g/mol. The Labute approximate surface area is 118 Å². The summed E-state index contributed by atoms with van der Waals surface area (Å²) in [6.07, 6.45) is 1.61. The minimum Gasteiger partial charge on any atom is -0.350 e. The van der Waals surface area contributed by atoms with Crippen LogP contribution in [0.15, 0.2) is 16.6 Å². The molecule has 1 unspecified atom stereocenters. The van der Waals surface area contributed by atoms with Crippen LogP contribution in [0.5, 0.6) is 0 Å². The van der Waals surface area contributed by atoms with E-state index in [-0.39, 0.29) is 16.4 Å². The third kappa shape index (κ3) is 4.21. The lowest BCUT2D eigenvalue weighted by molar-refractivity contribution is 0.0945. The van der Waals surface area contributed by atoms with E-state index in [4.69, 9.17) is 11.6 Å². The van der Waals surface area contributed by atoms with Crippen molar-refractivity contribution in [1.82, 2.24) is 5.32 Å². The molecule has 0 spiro atoms. The van der Waals surface area contributed by atoms with Gasteiger partial charge in [0, 0.05) is 11.0 Å². The van der Waals surface area contributed by atoms with Crippen molar-refractivity contribution in [2.45, 2.75) is 25.1 Å². The topological polar surface area (TPSA) is 29.1 Å². The molecule has 0 fully saturated rings. The zero-order chi connectivity index (χ0) is 13.7. The first-order valence-electron chi connectivity index (χ1n) is 5.52. The number of halogens is 4. The summed E-state index contributed by atoms with van der Waals surface area (Å²) in [6.45, 7) is 2.15. The molecule has 1 amide bonds. The van der Waals surface area contributed by atoms with Crippen LogP contribution >= 0.6 is 27.5 Å². The molecule has 1 aromatic carbocycles. The van der Waals surface area contributed by atoms with E-state index in [2.05, 4.69) is 21.2 Å². The van der Waals surface area contributed by atoms with E-state index in [1.165, 1.54) is 0 Å². The molecule has 2 nitrogen and oxygen atoms in total. The van der Waals surface area contributed by atoms with Crippen LogP contribution in [0.3, 0.4) is 0 Å². The molecule has 6 heteroatoms. The van der Waals surface area contributed by atoms with Crippen molar-refractivity contribution < 1.29 is 13.6 Å². The molecule has 0 radical (unpaired) electrons. The maximum atomic E-state index is 13.5. The van der Waals surface area contributed by atoms with Crippen LogP contribution in [0.25, 0.3) is 0 Å². The number of rotatable bonds is 5. The van der Waals surface area contributed by atoms with E-state index in [0.29, 0.717) is 0 Å². The van der Waals surface area contributed by atoms with Gasteiger partial charge in [0.05, 0.1) is 5.38 Å².